The first kappa shape index (κ1) is 13.3. The minimum Gasteiger partial charge on any atom is -0.311 e. The number of anilines is 1. The summed E-state index contributed by atoms with van der Waals surface area (Å²) in [5.41, 5.74) is 2.65. The molecule has 0 spiro atoms. The molecule has 2 aromatic rings. The van der Waals surface area contributed by atoms with E-state index in [9.17, 15) is 9.18 Å². The van der Waals surface area contributed by atoms with Crippen molar-refractivity contribution in [2.75, 3.05) is 11.9 Å². The van der Waals surface area contributed by atoms with Gasteiger partial charge in [0.25, 0.3) is 5.91 Å². The van der Waals surface area contributed by atoms with Gasteiger partial charge in [-0.05, 0) is 43.2 Å². The van der Waals surface area contributed by atoms with Crippen molar-refractivity contribution >= 4 is 11.6 Å². The molecule has 0 aliphatic heterocycles. The molecule has 0 fully saturated rings. The highest BCUT2D eigenvalue weighted by Crippen LogP contribution is 2.21. The van der Waals surface area contributed by atoms with Crippen molar-refractivity contribution in [1.82, 2.24) is 0 Å². The van der Waals surface area contributed by atoms with Crippen LogP contribution in [0, 0.1) is 19.7 Å². The second-order valence-electron chi connectivity index (χ2n) is 4.63. The van der Waals surface area contributed by atoms with E-state index in [4.69, 9.17) is 0 Å². The summed E-state index contributed by atoms with van der Waals surface area (Å²) in [6.07, 6.45) is 0. The van der Waals surface area contributed by atoms with E-state index in [2.05, 4.69) is 0 Å². The third-order valence-corrected chi connectivity index (χ3v) is 3.14. The molecule has 0 atom stereocenters. The van der Waals surface area contributed by atoms with Crippen LogP contribution in [0.3, 0.4) is 0 Å². The molecule has 0 aliphatic carbocycles. The number of amides is 1. The molecule has 0 N–H and O–H groups in total. The summed E-state index contributed by atoms with van der Waals surface area (Å²) < 4.78 is 13.8. The van der Waals surface area contributed by atoms with E-state index < -0.39 is 5.82 Å². The van der Waals surface area contributed by atoms with Gasteiger partial charge in [-0.1, -0.05) is 24.3 Å². The predicted octanol–water partition coefficient (Wildman–Crippen LogP) is 3.72. The summed E-state index contributed by atoms with van der Waals surface area (Å²) in [6, 6.07) is 12.2. The first-order chi connectivity index (χ1) is 9.00. The fourth-order valence-corrected chi connectivity index (χ4v) is 2.02. The van der Waals surface area contributed by atoms with E-state index in [0.29, 0.717) is 0 Å². The summed E-state index contributed by atoms with van der Waals surface area (Å²) >= 11 is 0. The number of para-hydroxylation sites is 1. The molecular weight excluding hydrogens is 241 g/mol. The maximum absolute atomic E-state index is 13.8. The van der Waals surface area contributed by atoms with Gasteiger partial charge in [-0.25, -0.2) is 4.39 Å². The first-order valence-corrected chi connectivity index (χ1v) is 6.10. The molecule has 0 radical (unpaired) electrons. The van der Waals surface area contributed by atoms with Gasteiger partial charge in [-0.15, -0.1) is 0 Å². The second-order valence-corrected chi connectivity index (χ2v) is 4.63. The van der Waals surface area contributed by atoms with Gasteiger partial charge in [0, 0.05) is 12.7 Å². The predicted molar refractivity (Wildman–Crippen MR) is 75.0 cm³/mol. The third kappa shape index (κ3) is 2.65. The lowest BCUT2D eigenvalue weighted by atomic mass is 10.1. The van der Waals surface area contributed by atoms with Crippen LogP contribution < -0.4 is 4.90 Å². The van der Waals surface area contributed by atoms with E-state index in [1.54, 1.807) is 20.0 Å². The van der Waals surface area contributed by atoms with Crippen molar-refractivity contribution in [3.8, 4) is 0 Å². The van der Waals surface area contributed by atoms with Crippen molar-refractivity contribution in [3.63, 3.8) is 0 Å². The van der Waals surface area contributed by atoms with Gasteiger partial charge >= 0.3 is 0 Å². The van der Waals surface area contributed by atoms with Crippen molar-refractivity contribution < 1.29 is 9.18 Å². The SMILES string of the molecule is Cc1ccc(C(=O)N(C)c2ccccc2C)c(F)c1. The van der Waals surface area contributed by atoms with E-state index in [1.807, 2.05) is 31.2 Å². The lowest BCUT2D eigenvalue weighted by Crippen LogP contribution is -2.27. The van der Waals surface area contributed by atoms with Gasteiger partial charge in [0.15, 0.2) is 0 Å². The molecule has 1 amide bonds. The summed E-state index contributed by atoms with van der Waals surface area (Å²) in [6.45, 7) is 3.72. The van der Waals surface area contributed by atoms with Gasteiger partial charge in [-0.2, -0.15) is 0 Å². The zero-order chi connectivity index (χ0) is 14.0. The van der Waals surface area contributed by atoms with E-state index >= 15 is 0 Å². The van der Waals surface area contributed by atoms with Crippen LogP contribution in [0.1, 0.15) is 21.5 Å². The van der Waals surface area contributed by atoms with E-state index in [0.717, 1.165) is 16.8 Å². The maximum Gasteiger partial charge on any atom is 0.260 e. The number of aryl methyl sites for hydroxylation is 2. The molecule has 2 rings (SSSR count). The first-order valence-electron chi connectivity index (χ1n) is 6.10. The Balaban J connectivity index is 2.37. The van der Waals surface area contributed by atoms with Crippen molar-refractivity contribution in [2.24, 2.45) is 0 Å². The minimum atomic E-state index is -0.481. The molecule has 98 valence electrons. The van der Waals surface area contributed by atoms with Gasteiger partial charge in [0.2, 0.25) is 0 Å². The lowest BCUT2D eigenvalue weighted by Gasteiger charge is -2.19. The summed E-state index contributed by atoms with van der Waals surface area (Å²) in [7, 11) is 1.66. The Kier molecular flexibility index (Phi) is 3.65. The molecule has 0 bridgehead atoms. The average molecular weight is 257 g/mol. The van der Waals surface area contributed by atoms with Gasteiger partial charge in [0.1, 0.15) is 5.82 Å². The highest BCUT2D eigenvalue weighted by molar-refractivity contribution is 6.06. The second kappa shape index (κ2) is 5.22. The average Bonchev–Trinajstić information content (AvgIpc) is 2.38. The fourth-order valence-electron chi connectivity index (χ4n) is 2.02. The fraction of sp³-hybridized carbons (Fsp3) is 0.188. The molecule has 2 nitrogen and oxygen atoms in total. The van der Waals surface area contributed by atoms with Crippen LogP contribution >= 0.6 is 0 Å². The van der Waals surface area contributed by atoms with Gasteiger partial charge in [0.05, 0.1) is 5.56 Å². The molecule has 0 aromatic heterocycles. The quantitative estimate of drug-likeness (QED) is 0.803. The van der Waals surface area contributed by atoms with Crippen molar-refractivity contribution in [3.05, 3.63) is 65.0 Å². The summed E-state index contributed by atoms with van der Waals surface area (Å²) in [5, 5.41) is 0. The number of rotatable bonds is 2. The molecular formula is C16H16FNO. The monoisotopic (exact) mass is 257 g/mol. The number of hydrogen-bond acceptors (Lipinski definition) is 1. The molecule has 0 saturated heterocycles. The Bertz CT molecular complexity index is 622. The van der Waals surface area contributed by atoms with Crippen LogP contribution in [0.25, 0.3) is 0 Å². The molecule has 2 aromatic carbocycles. The largest absolute Gasteiger partial charge is 0.311 e. The number of halogens is 1. The molecule has 19 heavy (non-hydrogen) atoms. The van der Waals surface area contributed by atoms with Crippen LogP contribution in [-0.2, 0) is 0 Å². The van der Waals surface area contributed by atoms with E-state index in [1.165, 1.54) is 17.0 Å². The number of nitrogens with zero attached hydrogens (tertiary/aromatic N) is 1. The topological polar surface area (TPSA) is 20.3 Å². The number of carbonyl (C=O) groups excluding carboxylic acids is 1. The highest BCUT2D eigenvalue weighted by atomic mass is 19.1. The maximum atomic E-state index is 13.8. The highest BCUT2D eigenvalue weighted by Gasteiger charge is 2.18. The van der Waals surface area contributed by atoms with Gasteiger partial charge in [-0.3, -0.25) is 4.79 Å². The van der Waals surface area contributed by atoms with Crippen LogP contribution in [0.15, 0.2) is 42.5 Å². The number of carbonyl (C=O) groups is 1. The van der Waals surface area contributed by atoms with E-state index in [-0.39, 0.29) is 11.5 Å². The zero-order valence-electron chi connectivity index (χ0n) is 11.3. The van der Waals surface area contributed by atoms with Crippen molar-refractivity contribution in [2.45, 2.75) is 13.8 Å². The smallest absolute Gasteiger partial charge is 0.260 e. The van der Waals surface area contributed by atoms with Gasteiger partial charge < -0.3 is 4.90 Å². The third-order valence-electron chi connectivity index (χ3n) is 3.14. The molecule has 0 unspecified atom stereocenters. The molecule has 3 heteroatoms. The summed E-state index contributed by atoms with van der Waals surface area (Å²) in [4.78, 5) is 13.8. The van der Waals surface area contributed by atoms with Crippen LogP contribution in [0.5, 0.6) is 0 Å². The standard InChI is InChI=1S/C16H16FNO/c1-11-8-9-13(14(17)10-11)16(19)18(3)15-7-5-4-6-12(15)2/h4-10H,1-3H3. The van der Waals surface area contributed by atoms with Crippen LogP contribution in [0.4, 0.5) is 10.1 Å². The minimum absolute atomic E-state index is 0.0938. The normalized spacial score (nSPS) is 10.3. The van der Waals surface area contributed by atoms with Crippen LogP contribution in [0.2, 0.25) is 0 Å². The van der Waals surface area contributed by atoms with Crippen molar-refractivity contribution in [1.29, 1.82) is 0 Å². The molecule has 0 saturated carbocycles. The van der Waals surface area contributed by atoms with Crippen LogP contribution in [-0.4, -0.2) is 13.0 Å². The zero-order valence-corrected chi connectivity index (χ0v) is 11.3. The Morgan fingerprint density at radius 3 is 2.42 bits per heavy atom. The lowest BCUT2D eigenvalue weighted by molar-refractivity contribution is 0.0989. The Morgan fingerprint density at radius 2 is 1.79 bits per heavy atom. The Morgan fingerprint density at radius 1 is 1.11 bits per heavy atom. The number of benzene rings is 2. The Labute approximate surface area is 112 Å². The number of hydrogen-bond donors (Lipinski definition) is 0. The Hall–Kier alpha value is -2.16. The molecule has 0 heterocycles. The molecule has 0 aliphatic rings. The summed E-state index contributed by atoms with van der Waals surface area (Å²) in [5.74, 6) is -0.822.